The second-order valence-corrected chi connectivity index (χ2v) is 7.46. The van der Waals surface area contributed by atoms with E-state index in [1.165, 1.54) is 42.6 Å². The zero-order valence-corrected chi connectivity index (χ0v) is 15.1. The molecule has 0 N–H and O–H groups in total. The summed E-state index contributed by atoms with van der Waals surface area (Å²) in [4.78, 5) is 15.5. The summed E-state index contributed by atoms with van der Waals surface area (Å²) in [7, 11) is 0. The topological polar surface area (TPSA) is 32.8 Å². The molecule has 2 fully saturated rings. The highest BCUT2D eigenvalue weighted by Gasteiger charge is 2.25. The quantitative estimate of drug-likeness (QED) is 0.788. The Kier molecular flexibility index (Phi) is 5.21. The fourth-order valence-electron chi connectivity index (χ4n) is 3.84. The van der Waals surface area contributed by atoms with Crippen LogP contribution in [0.15, 0.2) is 54.6 Å². The van der Waals surface area contributed by atoms with Crippen molar-refractivity contribution in [3.05, 3.63) is 71.3 Å². The third-order valence-electron chi connectivity index (χ3n) is 5.48. The molecule has 4 rings (SSSR count). The van der Waals surface area contributed by atoms with E-state index in [1.54, 1.807) is 4.90 Å². The fourth-order valence-corrected chi connectivity index (χ4v) is 3.84. The molecule has 0 radical (unpaired) electrons. The van der Waals surface area contributed by atoms with Gasteiger partial charge in [-0.15, -0.1) is 0 Å². The maximum absolute atomic E-state index is 11.2. The molecule has 136 valence electrons. The molecule has 2 saturated heterocycles. The number of likely N-dealkylation sites (tertiary alicyclic amines) is 1. The van der Waals surface area contributed by atoms with Gasteiger partial charge in [0.05, 0.1) is 6.54 Å². The minimum absolute atomic E-state index is 0.212. The molecule has 4 nitrogen and oxygen atoms in total. The Hall–Kier alpha value is -2.33. The Morgan fingerprint density at radius 3 is 2.12 bits per heavy atom. The number of nitrogens with zero attached hydrogens (tertiary/aromatic N) is 2. The van der Waals surface area contributed by atoms with E-state index in [1.807, 2.05) is 0 Å². The standard InChI is InChI=1S/C22H26N2O2/c25-22-24(17-26-22)16-21-8-6-18(7-9-21)14-19-10-12-23(13-11-19)15-20-4-2-1-3-5-20/h1-9,19H,10-17H2. The highest BCUT2D eigenvalue weighted by atomic mass is 16.6. The number of carbonyl (C=O) groups is 1. The van der Waals surface area contributed by atoms with Gasteiger partial charge in [-0.1, -0.05) is 54.6 Å². The number of carbonyl (C=O) groups excluding carboxylic acids is 1. The largest absolute Gasteiger partial charge is 0.428 e. The summed E-state index contributed by atoms with van der Waals surface area (Å²) >= 11 is 0. The predicted octanol–water partition coefficient (Wildman–Crippen LogP) is 4.05. The van der Waals surface area contributed by atoms with Gasteiger partial charge in [-0.05, 0) is 55.0 Å². The molecule has 2 aromatic rings. The summed E-state index contributed by atoms with van der Waals surface area (Å²) in [6.45, 7) is 4.52. The molecule has 2 aliphatic rings. The molecule has 0 unspecified atom stereocenters. The summed E-state index contributed by atoms with van der Waals surface area (Å²) in [5, 5.41) is 0. The number of rotatable bonds is 6. The van der Waals surface area contributed by atoms with E-state index in [4.69, 9.17) is 4.74 Å². The van der Waals surface area contributed by atoms with Crippen molar-refractivity contribution in [3.8, 4) is 0 Å². The van der Waals surface area contributed by atoms with Gasteiger partial charge in [0, 0.05) is 6.54 Å². The number of hydrogen-bond acceptors (Lipinski definition) is 3. The second kappa shape index (κ2) is 7.92. The minimum atomic E-state index is -0.212. The second-order valence-electron chi connectivity index (χ2n) is 7.46. The lowest BCUT2D eigenvalue weighted by molar-refractivity contribution is -0.0246. The fraction of sp³-hybridized carbons (Fsp3) is 0.409. The van der Waals surface area contributed by atoms with Crippen LogP contribution >= 0.6 is 0 Å². The number of amides is 1. The molecule has 2 aliphatic heterocycles. The van der Waals surface area contributed by atoms with Gasteiger partial charge in [0.15, 0.2) is 6.73 Å². The van der Waals surface area contributed by atoms with Gasteiger partial charge >= 0.3 is 6.09 Å². The van der Waals surface area contributed by atoms with Crippen LogP contribution in [0.1, 0.15) is 29.5 Å². The highest BCUT2D eigenvalue weighted by molar-refractivity contribution is 5.71. The number of cyclic esters (lactones) is 1. The van der Waals surface area contributed by atoms with E-state index in [2.05, 4.69) is 59.5 Å². The minimum Gasteiger partial charge on any atom is -0.428 e. The van der Waals surface area contributed by atoms with Crippen molar-refractivity contribution in [1.29, 1.82) is 0 Å². The van der Waals surface area contributed by atoms with Crippen LogP contribution in [0.25, 0.3) is 0 Å². The molecule has 4 heteroatoms. The Labute approximate surface area is 155 Å². The van der Waals surface area contributed by atoms with Crippen LogP contribution in [-0.4, -0.2) is 35.7 Å². The summed E-state index contributed by atoms with van der Waals surface area (Å²) < 4.78 is 4.77. The third-order valence-corrected chi connectivity index (χ3v) is 5.48. The Bertz CT molecular complexity index is 722. The van der Waals surface area contributed by atoms with Crippen molar-refractivity contribution in [2.75, 3.05) is 19.8 Å². The number of hydrogen-bond donors (Lipinski definition) is 0. The normalized spacial score (nSPS) is 18.5. The molecule has 0 atom stereocenters. The van der Waals surface area contributed by atoms with Gasteiger partial charge in [-0.25, -0.2) is 4.79 Å². The van der Waals surface area contributed by atoms with Crippen LogP contribution in [0.3, 0.4) is 0 Å². The van der Waals surface area contributed by atoms with E-state index >= 15 is 0 Å². The first-order valence-electron chi connectivity index (χ1n) is 9.52. The van der Waals surface area contributed by atoms with E-state index in [-0.39, 0.29) is 6.09 Å². The summed E-state index contributed by atoms with van der Waals surface area (Å²) in [5.41, 5.74) is 3.98. The Balaban J connectivity index is 1.23. The lowest BCUT2D eigenvalue weighted by Crippen LogP contribution is -2.44. The summed E-state index contributed by atoms with van der Waals surface area (Å²) in [6.07, 6.45) is 3.49. The molecule has 2 aromatic carbocycles. The summed E-state index contributed by atoms with van der Waals surface area (Å²) in [6, 6.07) is 19.5. The number of piperidine rings is 1. The van der Waals surface area contributed by atoms with Crippen LogP contribution in [0, 0.1) is 5.92 Å². The van der Waals surface area contributed by atoms with Crippen molar-refractivity contribution < 1.29 is 9.53 Å². The summed E-state index contributed by atoms with van der Waals surface area (Å²) in [5.74, 6) is 0.776. The van der Waals surface area contributed by atoms with Crippen LogP contribution < -0.4 is 0 Å². The maximum atomic E-state index is 11.2. The van der Waals surface area contributed by atoms with E-state index in [0.717, 1.165) is 18.9 Å². The Morgan fingerprint density at radius 2 is 1.50 bits per heavy atom. The van der Waals surface area contributed by atoms with E-state index in [0.29, 0.717) is 13.3 Å². The molecular formula is C22H26N2O2. The molecular weight excluding hydrogens is 324 g/mol. The first-order chi connectivity index (χ1) is 12.8. The average molecular weight is 350 g/mol. The number of ether oxygens (including phenoxy) is 1. The molecule has 0 saturated carbocycles. The van der Waals surface area contributed by atoms with Crippen molar-refractivity contribution in [2.45, 2.75) is 32.4 Å². The predicted molar refractivity (Wildman–Crippen MR) is 101 cm³/mol. The van der Waals surface area contributed by atoms with Gasteiger partial charge in [0.1, 0.15) is 0 Å². The average Bonchev–Trinajstić information content (AvgIpc) is 2.68. The first kappa shape index (κ1) is 17.1. The van der Waals surface area contributed by atoms with Gasteiger partial charge in [0.25, 0.3) is 0 Å². The molecule has 0 aromatic heterocycles. The van der Waals surface area contributed by atoms with Crippen LogP contribution in [-0.2, 0) is 24.2 Å². The lowest BCUT2D eigenvalue weighted by atomic mass is 9.89. The van der Waals surface area contributed by atoms with Crippen LogP contribution in [0.4, 0.5) is 4.79 Å². The molecule has 26 heavy (non-hydrogen) atoms. The number of benzene rings is 2. The third kappa shape index (κ3) is 4.25. The van der Waals surface area contributed by atoms with E-state index in [9.17, 15) is 4.79 Å². The zero-order chi connectivity index (χ0) is 17.8. The molecule has 2 heterocycles. The Morgan fingerprint density at radius 1 is 0.846 bits per heavy atom. The van der Waals surface area contributed by atoms with Gasteiger partial charge < -0.3 is 4.74 Å². The van der Waals surface area contributed by atoms with Crippen molar-refractivity contribution in [3.63, 3.8) is 0 Å². The molecule has 0 bridgehead atoms. The van der Waals surface area contributed by atoms with Crippen molar-refractivity contribution in [2.24, 2.45) is 5.92 Å². The van der Waals surface area contributed by atoms with Gasteiger partial charge in [0.2, 0.25) is 0 Å². The molecule has 0 spiro atoms. The monoisotopic (exact) mass is 350 g/mol. The van der Waals surface area contributed by atoms with Crippen molar-refractivity contribution in [1.82, 2.24) is 9.80 Å². The van der Waals surface area contributed by atoms with E-state index < -0.39 is 0 Å². The smallest absolute Gasteiger partial charge is 0.414 e. The molecule has 1 amide bonds. The molecule has 0 aliphatic carbocycles. The lowest BCUT2D eigenvalue weighted by Gasteiger charge is -2.32. The van der Waals surface area contributed by atoms with Gasteiger partial charge in [-0.3, -0.25) is 9.80 Å². The van der Waals surface area contributed by atoms with Crippen LogP contribution in [0.2, 0.25) is 0 Å². The van der Waals surface area contributed by atoms with Crippen molar-refractivity contribution >= 4 is 6.09 Å². The maximum Gasteiger partial charge on any atom is 0.414 e. The highest BCUT2D eigenvalue weighted by Crippen LogP contribution is 2.23. The SMILES string of the molecule is O=C1OCN1Cc1ccc(CC2CCN(Cc3ccccc3)CC2)cc1. The zero-order valence-electron chi connectivity index (χ0n) is 15.1. The first-order valence-corrected chi connectivity index (χ1v) is 9.52. The van der Waals surface area contributed by atoms with Gasteiger partial charge in [-0.2, -0.15) is 0 Å². The van der Waals surface area contributed by atoms with Crippen LogP contribution in [0.5, 0.6) is 0 Å².